The van der Waals surface area contributed by atoms with Gasteiger partial charge in [-0.05, 0) is 86.8 Å². The van der Waals surface area contributed by atoms with Crippen LogP contribution in [0.3, 0.4) is 0 Å². The van der Waals surface area contributed by atoms with Crippen LogP contribution in [0.4, 0.5) is 18.9 Å². The number of nitrogens with zero attached hydrogens (tertiary/aromatic N) is 2. The molecule has 0 heterocycles. The van der Waals surface area contributed by atoms with Crippen LogP contribution in [0.15, 0.2) is 62.6 Å². The highest BCUT2D eigenvalue weighted by molar-refractivity contribution is 9.11. The molecule has 3 rings (SSSR count). The average Bonchev–Trinajstić information content (AvgIpc) is 2.85. The second-order valence-electron chi connectivity index (χ2n) is 7.35. The lowest BCUT2D eigenvalue weighted by atomic mass is 10.2. The number of rotatable bonds is 9. The number of hydrogen-bond acceptors (Lipinski definition) is 7. The van der Waals surface area contributed by atoms with E-state index >= 15 is 0 Å². The van der Waals surface area contributed by atoms with Crippen LogP contribution >= 0.6 is 31.9 Å². The smallest absolute Gasteiger partial charge is 0.416 e. The van der Waals surface area contributed by atoms with Gasteiger partial charge in [0, 0.05) is 11.6 Å². The van der Waals surface area contributed by atoms with E-state index in [4.69, 9.17) is 14.2 Å². The summed E-state index contributed by atoms with van der Waals surface area (Å²) in [6, 6.07) is 9.70. The van der Waals surface area contributed by atoms with E-state index in [-0.39, 0.29) is 17.1 Å². The number of halogens is 5. The van der Waals surface area contributed by atoms with Gasteiger partial charge in [0.15, 0.2) is 17.2 Å². The van der Waals surface area contributed by atoms with Crippen LogP contribution in [0.5, 0.6) is 23.0 Å². The lowest BCUT2D eigenvalue weighted by Gasteiger charge is -2.13. The van der Waals surface area contributed by atoms with Crippen molar-refractivity contribution in [1.29, 1.82) is 0 Å². The second-order valence-corrected chi connectivity index (χ2v) is 9.06. The molecular formula is C24H18Br2F3N3O6. The Labute approximate surface area is 231 Å². The van der Waals surface area contributed by atoms with Crippen LogP contribution in [0.1, 0.15) is 28.4 Å². The molecule has 0 aromatic heterocycles. The van der Waals surface area contributed by atoms with Gasteiger partial charge in [0.05, 0.1) is 39.4 Å². The first kappa shape index (κ1) is 28.9. The molecule has 3 aromatic rings. The van der Waals surface area contributed by atoms with Gasteiger partial charge in [0.1, 0.15) is 0 Å². The van der Waals surface area contributed by atoms with Gasteiger partial charge in [-0.15, -0.1) is 0 Å². The summed E-state index contributed by atoms with van der Waals surface area (Å²) < 4.78 is 55.7. The summed E-state index contributed by atoms with van der Waals surface area (Å²) in [4.78, 5) is 22.9. The van der Waals surface area contributed by atoms with Crippen molar-refractivity contribution in [1.82, 2.24) is 5.43 Å². The van der Waals surface area contributed by atoms with Gasteiger partial charge >= 0.3 is 11.9 Å². The second kappa shape index (κ2) is 12.3. The normalized spacial score (nSPS) is 11.3. The van der Waals surface area contributed by atoms with E-state index in [9.17, 15) is 28.1 Å². The van der Waals surface area contributed by atoms with E-state index in [2.05, 4.69) is 42.4 Å². The van der Waals surface area contributed by atoms with Gasteiger partial charge in [0.2, 0.25) is 5.75 Å². The Morgan fingerprint density at radius 2 is 1.74 bits per heavy atom. The molecule has 1 amide bonds. The van der Waals surface area contributed by atoms with Crippen molar-refractivity contribution < 1.29 is 37.1 Å². The van der Waals surface area contributed by atoms with Crippen molar-refractivity contribution in [3.05, 3.63) is 84.3 Å². The lowest BCUT2D eigenvalue weighted by Crippen LogP contribution is -2.17. The number of nitro benzene ring substituents is 1. The first-order valence-electron chi connectivity index (χ1n) is 10.6. The summed E-state index contributed by atoms with van der Waals surface area (Å²) in [5, 5.41) is 15.3. The van der Waals surface area contributed by atoms with E-state index in [0.29, 0.717) is 44.7 Å². The molecule has 0 aliphatic heterocycles. The molecule has 0 saturated carbocycles. The first-order valence-corrected chi connectivity index (χ1v) is 12.2. The minimum Gasteiger partial charge on any atom is -0.493 e. The van der Waals surface area contributed by atoms with E-state index in [1.807, 2.05) is 0 Å². The maximum absolute atomic E-state index is 13.0. The molecule has 0 saturated heterocycles. The largest absolute Gasteiger partial charge is 0.493 e. The number of benzene rings is 3. The molecule has 0 bridgehead atoms. The van der Waals surface area contributed by atoms with Gasteiger partial charge in [-0.2, -0.15) is 18.3 Å². The quantitative estimate of drug-likeness (QED) is 0.149. The third-order valence-electron chi connectivity index (χ3n) is 4.82. The van der Waals surface area contributed by atoms with Crippen LogP contribution in [0, 0.1) is 10.1 Å². The first-order chi connectivity index (χ1) is 17.9. The van der Waals surface area contributed by atoms with Crippen molar-refractivity contribution in [3.8, 4) is 23.0 Å². The number of hydrazone groups is 1. The average molecular weight is 661 g/mol. The van der Waals surface area contributed by atoms with E-state index in [1.165, 1.54) is 31.5 Å². The third kappa shape index (κ3) is 7.01. The molecule has 0 aliphatic carbocycles. The van der Waals surface area contributed by atoms with Crippen LogP contribution in [0.2, 0.25) is 0 Å². The Kier molecular flexibility index (Phi) is 9.33. The SMILES string of the molecule is CCOc1cc(C(=O)N/N=C/c2cc(Br)c(Oc3ccc(C(F)(F)F)cc3[N+](=O)[O-])c(Br)c2)ccc1OC. The molecule has 3 aromatic carbocycles. The Hall–Kier alpha value is -3.65. The summed E-state index contributed by atoms with van der Waals surface area (Å²) in [7, 11) is 1.49. The van der Waals surface area contributed by atoms with Crippen LogP contribution in [0.25, 0.3) is 0 Å². The van der Waals surface area contributed by atoms with Crippen molar-refractivity contribution in [2.24, 2.45) is 5.10 Å². The molecule has 0 fully saturated rings. The molecule has 0 radical (unpaired) electrons. The zero-order valence-corrected chi connectivity index (χ0v) is 22.8. The van der Waals surface area contributed by atoms with Gasteiger partial charge in [-0.25, -0.2) is 5.43 Å². The minimum absolute atomic E-state index is 0.0794. The summed E-state index contributed by atoms with van der Waals surface area (Å²) in [5.41, 5.74) is 1.14. The molecule has 200 valence electrons. The summed E-state index contributed by atoms with van der Waals surface area (Å²) in [5.74, 6) is 0.0752. The molecule has 14 heteroatoms. The van der Waals surface area contributed by atoms with Crippen molar-refractivity contribution >= 4 is 49.7 Å². The molecule has 0 spiro atoms. The zero-order valence-electron chi connectivity index (χ0n) is 19.6. The molecular weight excluding hydrogens is 643 g/mol. The summed E-state index contributed by atoms with van der Waals surface area (Å²) in [6.07, 6.45) is -3.41. The van der Waals surface area contributed by atoms with Crippen molar-refractivity contribution in [2.45, 2.75) is 13.1 Å². The van der Waals surface area contributed by atoms with E-state index < -0.39 is 28.3 Å². The number of carbonyl (C=O) groups excluding carboxylic acids is 1. The molecule has 38 heavy (non-hydrogen) atoms. The van der Waals surface area contributed by atoms with Crippen LogP contribution in [-0.2, 0) is 6.18 Å². The number of hydrogen-bond donors (Lipinski definition) is 1. The Balaban J connectivity index is 1.78. The van der Waals surface area contributed by atoms with Gasteiger partial charge in [-0.3, -0.25) is 14.9 Å². The highest BCUT2D eigenvalue weighted by Gasteiger charge is 2.33. The van der Waals surface area contributed by atoms with Gasteiger partial charge in [-0.1, -0.05) is 0 Å². The highest BCUT2D eigenvalue weighted by atomic mass is 79.9. The topological polar surface area (TPSA) is 112 Å². The number of carbonyl (C=O) groups is 1. The predicted molar refractivity (Wildman–Crippen MR) is 139 cm³/mol. The lowest BCUT2D eigenvalue weighted by molar-refractivity contribution is -0.385. The summed E-state index contributed by atoms with van der Waals surface area (Å²) in [6.45, 7) is 2.18. The number of alkyl halides is 3. The molecule has 1 N–H and O–H groups in total. The third-order valence-corrected chi connectivity index (χ3v) is 6.00. The van der Waals surface area contributed by atoms with E-state index in [0.717, 1.165) is 6.07 Å². The predicted octanol–water partition coefficient (Wildman–Crippen LogP) is 7.10. The molecule has 0 aliphatic rings. The standard InChI is InChI=1S/C24H18Br2F3N3O6/c1-3-37-21-10-14(4-6-20(21)36-2)23(33)31-30-12-13-8-16(25)22(17(26)9-13)38-19-7-5-15(24(27,28)29)11-18(19)32(34)35/h4-12H,3H2,1-2H3,(H,31,33)/b30-12+. The molecule has 0 atom stereocenters. The maximum Gasteiger partial charge on any atom is 0.416 e. The number of ether oxygens (including phenoxy) is 3. The monoisotopic (exact) mass is 659 g/mol. The Morgan fingerprint density at radius 1 is 1.08 bits per heavy atom. The van der Waals surface area contributed by atoms with Crippen molar-refractivity contribution in [2.75, 3.05) is 13.7 Å². The maximum atomic E-state index is 13.0. The number of nitrogens with one attached hydrogen (secondary N) is 1. The fourth-order valence-electron chi connectivity index (χ4n) is 3.10. The van der Waals surface area contributed by atoms with E-state index in [1.54, 1.807) is 19.1 Å². The van der Waals surface area contributed by atoms with Gasteiger partial charge < -0.3 is 14.2 Å². The highest BCUT2D eigenvalue weighted by Crippen LogP contribution is 2.42. The van der Waals surface area contributed by atoms with Crippen LogP contribution < -0.4 is 19.6 Å². The number of amides is 1. The Bertz CT molecular complexity index is 1380. The summed E-state index contributed by atoms with van der Waals surface area (Å²) >= 11 is 6.55. The fourth-order valence-corrected chi connectivity index (χ4v) is 4.48. The van der Waals surface area contributed by atoms with Gasteiger partial charge in [0.25, 0.3) is 5.91 Å². The number of nitro groups is 1. The molecule has 9 nitrogen and oxygen atoms in total. The van der Waals surface area contributed by atoms with Crippen molar-refractivity contribution in [3.63, 3.8) is 0 Å². The molecule has 0 unspecified atom stereocenters. The number of methoxy groups -OCH3 is 1. The van der Waals surface area contributed by atoms with Crippen LogP contribution in [-0.4, -0.2) is 30.8 Å². The Morgan fingerprint density at radius 3 is 2.32 bits per heavy atom. The zero-order chi connectivity index (χ0) is 28.0. The fraction of sp³-hybridized carbons (Fsp3) is 0.167. The minimum atomic E-state index is -4.75.